The van der Waals surface area contributed by atoms with Crippen molar-refractivity contribution >= 4 is 34.5 Å². The molecule has 0 aliphatic carbocycles. The highest BCUT2D eigenvalue weighted by Gasteiger charge is 2.42. The molecule has 1 saturated heterocycles. The molecule has 1 unspecified atom stereocenters. The number of likely N-dealkylation sites (tertiary alicyclic amines) is 1. The molecular weight excluding hydrogens is 484 g/mol. The summed E-state index contributed by atoms with van der Waals surface area (Å²) in [4.78, 5) is 55.2. The maximum absolute atomic E-state index is 13.3. The van der Waals surface area contributed by atoms with Gasteiger partial charge in [-0.1, -0.05) is 18.2 Å². The van der Waals surface area contributed by atoms with Crippen molar-refractivity contribution in [1.82, 2.24) is 20.5 Å². The molecule has 0 radical (unpaired) electrons. The Labute approximate surface area is 213 Å². The van der Waals surface area contributed by atoms with Gasteiger partial charge in [0, 0.05) is 36.5 Å². The van der Waals surface area contributed by atoms with Crippen LogP contribution in [-0.2, 0) is 25.6 Å². The second-order valence-corrected chi connectivity index (χ2v) is 9.42. The number of para-hydroxylation sites is 1. The number of aliphatic hydroxyl groups is 3. The summed E-state index contributed by atoms with van der Waals surface area (Å²) in [6, 6.07) is 2.27. The first-order valence-corrected chi connectivity index (χ1v) is 12.0. The largest absolute Gasteiger partial charge is 0.391 e. The lowest BCUT2D eigenvalue weighted by molar-refractivity contribution is -0.142. The molecule has 0 bridgehead atoms. The monoisotopic (exact) mass is 518 g/mol. The molecule has 13 heteroatoms. The van der Waals surface area contributed by atoms with E-state index >= 15 is 0 Å². The summed E-state index contributed by atoms with van der Waals surface area (Å²) < 4.78 is 0. The Hall–Kier alpha value is -3.52. The number of nitrogens with two attached hydrogens (primary N) is 2. The predicted molar refractivity (Wildman–Crippen MR) is 133 cm³/mol. The molecule has 7 atom stereocenters. The lowest BCUT2D eigenvalue weighted by Gasteiger charge is -2.29. The number of hydrogen-bond acceptors (Lipinski definition) is 8. The molecule has 1 aliphatic rings. The SMILES string of the molecule is C[C@@H](O)[C@H](N)C(=O)N1C[C@H](O)C[C@H]1C(=O)NC(Cc1c[nH]c2ccccc12)C(=O)N[C@H](C(N)=O)[C@@H](C)O. The molecule has 2 heterocycles. The second-order valence-electron chi connectivity index (χ2n) is 9.42. The van der Waals surface area contributed by atoms with Gasteiger partial charge in [-0.15, -0.1) is 0 Å². The highest BCUT2D eigenvalue weighted by Crippen LogP contribution is 2.22. The third kappa shape index (κ3) is 6.43. The number of benzene rings is 1. The first-order valence-electron chi connectivity index (χ1n) is 12.0. The number of primary amides is 1. The second kappa shape index (κ2) is 11.7. The van der Waals surface area contributed by atoms with Gasteiger partial charge < -0.3 is 47.3 Å². The standard InChI is InChI=1S/C24H34N6O7/c1-11(31)19(25)24(37)30-10-14(33)8-18(30)23(36)28-17(22(35)29-20(12(2)32)21(26)34)7-13-9-27-16-6-4-3-5-15(13)16/h3-6,9,11-12,14,17-20,27,31-33H,7-8,10,25H2,1-2H3,(H2,26,34)(H,28,36)(H,29,35)/t11-,12-,14-,17?,18+,19+,20+/m1/s1. The minimum Gasteiger partial charge on any atom is -0.391 e. The van der Waals surface area contributed by atoms with Crippen LogP contribution in [0.4, 0.5) is 0 Å². The van der Waals surface area contributed by atoms with Crippen molar-refractivity contribution in [1.29, 1.82) is 0 Å². The molecule has 10 N–H and O–H groups in total. The van der Waals surface area contributed by atoms with Gasteiger partial charge in [0.05, 0.1) is 18.3 Å². The quantitative estimate of drug-likeness (QED) is 0.164. The van der Waals surface area contributed by atoms with Crippen LogP contribution in [0.3, 0.4) is 0 Å². The molecule has 1 aliphatic heterocycles. The van der Waals surface area contributed by atoms with E-state index in [1.54, 1.807) is 6.20 Å². The number of β-amino-alcohol motifs (C(OH)–C–C–N with tert-alkyl or cyclic N) is 1. The normalized spacial score (nSPS) is 21.6. The highest BCUT2D eigenvalue weighted by molar-refractivity contribution is 5.95. The first-order chi connectivity index (χ1) is 17.4. The van der Waals surface area contributed by atoms with Crippen LogP contribution in [0.15, 0.2) is 30.5 Å². The topological polar surface area (TPSA) is 224 Å². The number of rotatable bonds is 10. The van der Waals surface area contributed by atoms with E-state index in [2.05, 4.69) is 15.6 Å². The van der Waals surface area contributed by atoms with Gasteiger partial charge in [-0.25, -0.2) is 0 Å². The third-order valence-electron chi connectivity index (χ3n) is 6.49. The van der Waals surface area contributed by atoms with E-state index in [0.29, 0.717) is 5.56 Å². The average Bonchev–Trinajstić information content (AvgIpc) is 3.43. The molecule has 1 aromatic carbocycles. The van der Waals surface area contributed by atoms with Crippen LogP contribution in [0.5, 0.6) is 0 Å². The number of hydrogen-bond donors (Lipinski definition) is 8. The Bertz CT molecular complexity index is 1150. The molecule has 1 fully saturated rings. The van der Waals surface area contributed by atoms with Crippen molar-refractivity contribution in [2.75, 3.05) is 6.54 Å². The maximum Gasteiger partial charge on any atom is 0.243 e. The van der Waals surface area contributed by atoms with E-state index in [4.69, 9.17) is 11.5 Å². The number of fused-ring (bicyclic) bond motifs is 1. The molecular formula is C24H34N6O7. The van der Waals surface area contributed by atoms with Gasteiger partial charge in [0.15, 0.2) is 0 Å². The van der Waals surface area contributed by atoms with Crippen molar-refractivity contribution in [2.45, 2.75) is 69.2 Å². The van der Waals surface area contributed by atoms with Crippen LogP contribution >= 0.6 is 0 Å². The number of carbonyl (C=O) groups excluding carboxylic acids is 4. The predicted octanol–water partition coefficient (Wildman–Crippen LogP) is -2.78. The number of aromatic amines is 1. The minimum atomic E-state index is -1.40. The zero-order valence-electron chi connectivity index (χ0n) is 20.6. The van der Waals surface area contributed by atoms with Gasteiger partial charge in [0.25, 0.3) is 0 Å². The summed E-state index contributed by atoms with van der Waals surface area (Å²) in [5, 5.41) is 35.5. The fraction of sp³-hybridized carbons (Fsp3) is 0.500. The Balaban J connectivity index is 1.87. The van der Waals surface area contributed by atoms with Crippen LogP contribution in [0, 0.1) is 0 Å². The summed E-state index contributed by atoms with van der Waals surface area (Å²) in [5.41, 5.74) is 12.6. The zero-order chi connectivity index (χ0) is 27.4. The summed E-state index contributed by atoms with van der Waals surface area (Å²) in [6.45, 7) is 2.46. The van der Waals surface area contributed by atoms with Crippen molar-refractivity contribution in [3.8, 4) is 0 Å². The van der Waals surface area contributed by atoms with Crippen LogP contribution in [0.25, 0.3) is 10.9 Å². The molecule has 202 valence electrons. The van der Waals surface area contributed by atoms with Gasteiger partial charge in [-0.2, -0.15) is 0 Å². The number of amides is 4. The highest BCUT2D eigenvalue weighted by atomic mass is 16.3. The van der Waals surface area contributed by atoms with E-state index in [1.807, 2.05) is 24.3 Å². The lowest BCUT2D eigenvalue weighted by atomic mass is 10.0. The van der Waals surface area contributed by atoms with Gasteiger partial charge in [0.2, 0.25) is 23.6 Å². The van der Waals surface area contributed by atoms with E-state index in [9.17, 15) is 34.5 Å². The van der Waals surface area contributed by atoms with E-state index in [0.717, 1.165) is 15.8 Å². The molecule has 3 rings (SSSR count). The van der Waals surface area contributed by atoms with E-state index in [-0.39, 0.29) is 19.4 Å². The third-order valence-corrected chi connectivity index (χ3v) is 6.49. The van der Waals surface area contributed by atoms with Gasteiger partial charge >= 0.3 is 0 Å². The minimum absolute atomic E-state index is 0.00326. The number of carbonyl (C=O) groups is 4. The lowest BCUT2D eigenvalue weighted by Crippen LogP contribution is -2.59. The summed E-state index contributed by atoms with van der Waals surface area (Å²) in [6.07, 6.45) is -1.87. The zero-order valence-corrected chi connectivity index (χ0v) is 20.6. The number of H-pyrrole nitrogens is 1. The average molecular weight is 519 g/mol. The van der Waals surface area contributed by atoms with Crippen LogP contribution < -0.4 is 22.1 Å². The molecule has 37 heavy (non-hydrogen) atoms. The Morgan fingerprint density at radius 2 is 1.81 bits per heavy atom. The number of aromatic nitrogens is 1. The molecule has 1 aromatic heterocycles. The Morgan fingerprint density at radius 3 is 2.43 bits per heavy atom. The van der Waals surface area contributed by atoms with Crippen LogP contribution in [0.1, 0.15) is 25.8 Å². The molecule has 2 aromatic rings. The van der Waals surface area contributed by atoms with Crippen LogP contribution in [-0.4, -0.2) is 97.9 Å². The molecule has 13 nitrogen and oxygen atoms in total. The van der Waals surface area contributed by atoms with Crippen molar-refractivity contribution in [3.63, 3.8) is 0 Å². The fourth-order valence-corrected chi connectivity index (χ4v) is 4.38. The number of nitrogens with zero attached hydrogens (tertiary/aromatic N) is 1. The number of nitrogens with one attached hydrogen (secondary N) is 3. The summed E-state index contributed by atoms with van der Waals surface area (Å²) >= 11 is 0. The summed E-state index contributed by atoms with van der Waals surface area (Å²) in [5.74, 6) is -3.17. The van der Waals surface area contributed by atoms with Gasteiger partial charge in [-0.3, -0.25) is 19.2 Å². The Kier molecular flexibility index (Phi) is 8.86. The molecule has 0 spiro atoms. The summed E-state index contributed by atoms with van der Waals surface area (Å²) in [7, 11) is 0. The number of aliphatic hydroxyl groups excluding tert-OH is 3. The maximum atomic E-state index is 13.3. The van der Waals surface area contributed by atoms with Crippen molar-refractivity contribution < 1.29 is 34.5 Å². The van der Waals surface area contributed by atoms with Crippen molar-refractivity contribution in [2.24, 2.45) is 11.5 Å². The smallest absolute Gasteiger partial charge is 0.243 e. The Morgan fingerprint density at radius 1 is 1.14 bits per heavy atom. The fourth-order valence-electron chi connectivity index (χ4n) is 4.38. The van der Waals surface area contributed by atoms with E-state index < -0.39 is 66.1 Å². The van der Waals surface area contributed by atoms with E-state index in [1.165, 1.54) is 13.8 Å². The molecule has 0 saturated carbocycles. The van der Waals surface area contributed by atoms with Gasteiger partial charge in [-0.05, 0) is 25.5 Å². The molecule has 4 amide bonds. The first kappa shape index (κ1) is 28.1. The van der Waals surface area contributed by atoms with Crippen molar-refractivity contribution in [3.05, 3.63) is 36.0 Å². The van der Waals surface area contributed by atoms with Crippen LogP contribution in [0.2, 0.25) is 0 Å². The van der Waals surface area contributed by atoms with Gasteiger partial charge in [0.1, 0.15) is 24.2 Å².